The van der Waals surface area contributed by atoms with E-state index in [1.807, 2.05) is 32.0 Å². The topological polar surface area (TPSA) is 69.3 Å². The number of nitrogens with zero attached hydrogens (tertiary/aromatic N) is 2. The molecule has 0 saturated carbocycles. The zero-order valence-electron chi connectivity index (χ0n) is 12.8. The number of nitrogens with one attached hydrogen (secondary N) is 1. The average Bonchev–Trinajstić information content (AvgIpc) is 2.92. The Morgan fingerprint density at radius 3 is 2.57 bits per heavy atom. The maximum Gasteiger partial charge on any atom is 0.176 e. The van der Waals surface area contributed by atoms with Crippen LogP contribution >= 0.6 is 0 Å². The van der Waals surface area contributed by atoms with Gasteiger partial charge in [-0.2, -0.15) is 5.10 Å². The summed E-state index contributed by atoms with van der Waals surface area (Å²) in [4.78, 5) is 4.41. The lowest BCUT2D eigenvalue weighted by molar-refractivity contribution is 0.0614. The molecule has 21 heavy (non-hydrogen) atoms. The molecule has 0 radical (unpaired) electrons. The minimum Gasteiger partial charge on any atom is -0.493 e. The monoisotopic (exact) mass is 291 g/mol. The van der Waals surface area contributed by atoms with Gasteiger partial charge in [-0.25, -0.2) is 4.98 Å². The van der Waals surface area contributed by atoms with Crippen LogP contribution in [-0.2, 0) is 17.8 Å². The molecule has 0 amide bonds. The Bertz CT molecular complexity index is 581. The number of aromatic amines is 1. The van der Waals surface area contributed by atoms with Gasteiger partial charge in [0.1, 0.15) is 12.4 Å². The van der Waals surface area contributed by atoms with Gasteiger partial charge in [-0.3, -0.25) is 5.10 Å². The number of rotatable bonds is 7. The Morgan fingerprint density at radius 1 is 1.14 bits per heavy atom. The number of aromatic nitrogens is 3. The summed E-state index contributed by atoms with van der Waals surface area (Å²) >= 11 is 0. The van der Waals surface area contributed by atoms with Gasteiger partial charge >= 0.3 is 0 Å². The second-order valence-electron chi connectivity index (χ2n) is 4.92. The fraction of sp³-hybridized carbons (Fsp3) is 0.467. The summed E-state index contributed by atoms with van der Waals surface area (Å²) in [6.07, 6.45) is 0.812. The summed E-state index contributed by atoms with van der Waals surface area (Å²) in [6.45, 7) is 4.38. The van der Waals surface area contributed by atoms with Crippen molar-refractivity contribution in [3.8, 4) is 11.5 Å². The normalized spacial score (nSPS) is 10.9. The third-order valence-corrected chi connectivity index (χ3v) is 2.94. The molecule has 6 heteroatoms. The second kappa shape index (κ2) is 7.08. The second-order valence-corrected chi connectivity index (χ2v) is 4.92. The fourth-order valence-corrected chi connectivity index (χ4v) is 1.90. The Hall–Kier alpha value is -2.08. The van der Waals surface area contributed by atoms with Gasteiger partial charge in [-0.05, 0) is 31.5 Å². The first-order chi connectivity index (χ1) is 10.1. The number of ether oxygens (including phenoxy) is 3. The number of hydrogen-bond donors (Lipinski definition) is 1. The van der Waals surface area contributed by atoms with Crippen molar-refractivity contribution in [3.63, 3.8) is 0 Å². The number of benzene rings is 1. The van der Waals surface area contributed by atoms with Crippen LogP contribution in [0.25, 0.3) is 0 Å². The predicted molar refractivity (Wildman–Crippen MR) is 78.7 cm³/mol. The van der Waals surface area contributed by atoms with Gasteiger partial charge < -0.3 is 14.2 Å². The predicted octanol–water partition coefficient (Wildman–Crippen LogP) is 2.34. The molecule has 0 unspecified atom stereocenters. The van der Waals surface area contributed by atoms with Gasteiger partial charge in [0.2, 0.25) is 0 Å². The molecule has 0 aliphatic carbocycles. The molecule has 0 fully saturated rings. The average molecular weight is 291 g/mol. The summed E-state index contributed by atoms with van der Waals surface area (Å²) in [5.74, 6) is 2.88. The maximum absolute atomic E-state index is 5.48. The standard InChI is InChI=1S/C15H21N3O3/c1-10(2)21-9-15-16-14(17-18-15)8-11-5-6-12(19-3)13(7-11)20-4/h5-7,10H,8-9H2,1-4H3,(H,16,17,18). The van der Waals surface area contributed by atoms with Crippen LogP contribution in [0.5, 0.6) is 11.5 Å². The highest BCUT2D eigenvalue weighted by Gasteiger charge is 2.08. The van der Waals surface area contributed by atoms with Gasteiger partial charge in [0.05, 0.1) is 20.3 Å². The van der Waals surface area contributed by atoms with Crippen LogP contribution in [0.1, 0.15) is 31.1 Å². The van der Waals surface area contributed by atoms with Crippen molar-refractivity contribution in [2.45, 2.75) is 33.0 Å². The molecule has 0 atom stereocenters. The zero-order valence-corrected chi connectivity index (χ0v) is 12.8. The largest absolute Gasteiger partial charge is 0.493 e. The summed E-state index contributed by atoms with van der Waals surface area (Å²) in [7, 11) is 3.24. The molecule has 1 N–H and O–H groups in total. The molecule has 0 saturated heterocycles. The van der Waals surface area contributed by atoms with Gasteiger partial charge in [-0.1, -0.05) is 6.07 Å². The van der Waals surface area contributed by atoms with Crippen LogP contribution in [0.2, 0.25) is 0 Å². The lowest BCUT2D eigenvalue weighted by Crippen LogP contribution is -2.03. The van der Waals surface area contributed by atoms with Crippen molar-refractivity contribution < 1.29 is 14.2 Å². The third kappa shape index (κ3) is 4.19. The highest BCUT2D eigenvalue weighted by atomic mass is 16.5. The van der Waals surface area contributed by atoms with Crippen molar-refractivity contribution in [3.05, 3.63) is 35.4 Å². The van der Waals surface area contributed by atoms with E-state index >= 15 is 0 Å². The van der Waals surface area contributed by atoms with Crippen LogP contribution in [0, 0.1) is 0 Å². The van der Waals surface area contributed by atoms with Crippen LogP contribution in [0.3, 0.4) is 0 Å². The molecule has 0 aliphatic heterocycles. The smallest absolute Gasteiger partial charge is 0.176 e. The SMILES string of the molecule is COc1ccc(Cc2nc(COC(C)C)n[nH]2)cc1OC. The number of methoxy groups -OCH3 is 2. The van der Waals surface area contributed by atoms with Gasteiger partial charge in [-0.15, -0.1) is 0 Å². The van der Waals surface area contributed by atoms with Crippen LogP contribution in [0.15, 0.2) is 18.2 Å². The first kappa shape index (κ1) is 15.3. The number of H-pyrrole nitrogens is 1. The van der Waals surface area contributed by atoms with E-state index < -0.39 is 0 Å². The Balaban J connectivity index is 2.04. The van der Waals surface area contributed by atoms with Gasteiger partial charge in [0, 0.05) is 6.42 Å². The van der Waals surface area contributed by atoms with Crippen LogP contribution < -0.4 is 9.47 Å². The zero-order chi connectivity index (χ0) is 15.2. The summed E-state index contributed by atoms with van der Waals surface area (Å²) in [6, 6.07) is 5.80. The van der Waals surface area contributed by atoms with E-state index in [0.717, 1.165) is 11.4 Å². The quantitative estimate of drug-likeness (QED) is 0.848. The highest BCUT2D eigenvalue weighted by Crippen LogP contribution is 2.28. The van der Waals surface area contributed by atoms with E-state index in [9.17, 15) is 0 Å². The van der Waals surface area contributed by atoms with E-state index in [1.54, 1.807) is 14.2 Å². The lowest BCUT2D eigenvalue weighted by atomic mass is 10.1. The molecule has 0 aliphatic rings. The lowest BCUT2D eigenvalue weighted by Gasteiger charge is -2.08. The Labute approximate surface area is 124 Å². The van der Waals surface area contributed by atoms with Crippen molar-refractivity contribution in [1.29, 1.82) is 0 Å². The fourth-order valence-electron chi connectivity index (χ4n) is 1.90. The van der Waals surface area contributed by atoms with Gasteiger partial charge in [0.25, 0.3) is 0 Å². The van der Waals surface area contributed by atoms with Crippen molar-refractivity contribution in [1.82, 2.24) is 15.2 Å². The Kier molecular flexibility index (Phi) is 5.16. The van der Waals surface area contributed by atoms with Crippen molar-refractivity contribution >= 4 is 0 Å². The third-order valence-electron chi connectivity index (χ3n) is 2.94. The molecule has 1 heterocycles. The first-order valence-electron chi connectivity index (χ1n) is 6.85. The molecule has 114 valence electrons. The minimum atomic E-state index is 0.165. The number of hydrogen-bond acceptors (Lipinski definition) is 5. The molecule has 1 aromatic carbocycles. The van der Waals surface area contributed by atoms with Gasteiger partial charge in [0.15, 0.2) is 17.3 Å². The molecule has 0 spiro atoms. The Morgan fingerprint density at radius 2 is 1.90 bits per heavy atom. The van der Waals surface area contributed by atoms with E-state index in [2.05, 4.69) is 15.2 Å². The molecular weight excluding hydrogens is 270 g/mol. The minimum absolute atomic E-state index is 0.165. The summed E-state index contributed by atoms with van der Waals surface area (Å²) in [5, 5.41) is 7.07. The first-order valence-corrected chi connectivity index (χ1v) is 6.85. The molecule has 2 aromatic rings. The molecule has 6 nitrogen and oxygen atoms in total. The van der Waals surface area contributed by atoms with E-state index in [4.69, 9.17) is 14.2 Å². The molecule has 0 bridgehead atoms. The van der Waals surface area contributed by atoms with E-state index in [0.29, 0.717) is 30.4 Å². The van der Waals surface area contributed by atoms with Crippen LogP contribution in [0.4, 0.5) is 0 Å². The summed E-state index contributed by atoms with van der Waals surface area (Å²) in [5.41, 5.74) is 1.07. The van der Waals surface area contributed by atoms with Crippen molar-refractivity contribution in [2.24, 2.45) is 0 Å². The highest BCUT2D eigenvalue weighted by molar-refractivity contribution is 5.43. The molecule has 2 rings (SSSR count). The van der Waals surface area contributed by atoms with Crippen molar-refractivity contribution in [2.75, 3.05) is 14.2 Å². The summed E-state index contributed by atoms with van der Waals surface area (Å²) < 4.78 is 16.0. The molecule has 1 aromatic heterocycles. The maximum atomic E-state index is 5.48. The van der Waals surface area contributed by atoms with Crippen LogP contribution in [-0.4, -0.2) is 35.5 Å². The van der Waals surface area contributed by atoms with E-state index in [1.165, 1.54) is 0 Å². The molecular formula is C15H21N3O3. The van der Waals surface area contributed by atoms with E-state index in [-0.39, 0.29) is 6.10 Å².